The van der Waals surface area contributed by atoms with Crippen molar-refractivity contribution in [1.82, 2.24) is 4.98 Å². The first-order valence-corrected chi connectivity index (χ1v) is 6.67. The molecule has 8 nitrogen and oxygen atoms in total. The van der Waals surface area contributed by atoms with Gasteiger partial charge in [0, 0.05) is 18.0 Å². The number of hydrogen-bond acceptors (Lipinski definition) is 6. The molecule has 9 heteroatoms. The highest BCUT2D eigenvalue weighted by Gasteiger charge is 2.15. The quantitative estimate of drug-likeness (QED) is 0.510. The molecule has 2 aromatic rings. The van der Waals surface area contributed by atoms with Crippen LogP contribution in [0.15, 0.2) is 42.6 Å². The third-order valence-corrected chi connectivity index (χ3v) is 2.95. The molecule has 118 valence electrons. The molecule has 0 atom stereocenters. The molecule has 1 amide bonds. The van der Waals surface area contributed by atoms with Crippen molar-refractivity contribution < 1.29 is 19.2 Å². The molecule has 1 aromatic carbocycles. The molecule has 2 rings (SSSR count). The number of ether oxygens (including phenoxy) is 1. The summed E-state index contributed by atoms with van der Waals surface area (Å²) in [6, 6.07) is 8.49. The molecule has 1 heterocycles. The number of aromatic nitrogens is 1. The van der Waals surface area contributed by atoms with Gasteiger partial charge < -0.3 is 10.1 Å². The van der Waals surface area contributed by atoms with Crippen LogP contribution in [0.4, 0.5) is 11.4 Å². The van der Waals surface area contributed by atoms with E-state index in [2.05, 4.69) is 10.3 Å². The molecule has 1 aromatic heterocycles. The van der Waals surface area contributed by atoms with Crippen LogP contribution in [0.25, 0.3) is 0 Å². The van der Waals surface area contributed by atoms with Gasteiger partial charge in [-0.3, -0.25) is 14.9 Å². The standard InChI is InChI=1S/C14H10ClN3O5/c15-10-5-4-9(7-12(10)18(21)22)17-13(19)8-23-14(20)11-3-1-2-6-16-11/h1-7H,8H2,(H,17,19). The maximum Gasteiger partial charge on any atom is 0.357 e. The zero-order chi connectivity index (χ0) is 16.8. The average molecular weight is 336 g/mol. The Balaban J connectivity index is 1.94. The van der Waals surface area contributed by atoms with Crippen molar-refractivity contribution in [2.24, 2.45) is 0 Å². The predicted molar refractivity (Wildman–Crippen MR) is 81.3 cm³/mol. The summed E-state index contributed by atoms with van der Waals surface area (Å²) < 4.78 is 4.79. The zero-order valence-electron chi connectivity index (χ0n) is 11.6. The number of carbonyl (C=O) groups is 2. The first-order valence-electron chi connectivity index (χ1n) is 6.29. The minimum absolute atomic E-state index is 0.0467. The maximum absolute atomic E-state index is 11.7. The van der Waals surface area contributed by atoms with E-state index in [9.17, 15) is 19.7 Å². The van der Waals surface area contributed by atoms with Gasteiger partial charge in [0.15, 0.2) is 6.61 Å². The molecule has 0 bridgehead atoms. The van der Waals surface area contributed by atoms with E-state index in [1.165, 1.54) is 24.4 Å². The Hall–Kier alpha value is -3.00. The van der Waals surface area contributed by atoms with Crippen molar-refractivity contribution >= 4 is 34.9 Å². The molecule has 23 heavy (non-hydrogen) atoms. The number of rotatable bonds is 5. The largest absolute Gasteiger partial charge is 0.451 e. The predicted octanol–water partition coefficient (Wildman–Crippen LogP) is 2.44. The number of amides is 1. The molecule has 0 spiro atoms. The van der Waals surface area contributed by atoms with Gasteiger partial charge in [-0.25, -0.2) is 9.78 Å². The Morgan fingerprint density at radius 1 is 1.30 bits per heavy atom. The lowest BCUT2D eigenvalue weighted by molar-refractivity contribution is -0.384. The first-order chi connectivity index (χ1) is 11.0. The molecular weight excluding hydrogens is 326 g/mol. The normalized spacial score (nSPS) is 9.96. The highest BCUT2D eigenvalue weighted by Crippen LogP contribution is 2.27. The number of pyridine rings is 1. The van der Waals surface area contributed by atoms with Crippen molar-refractivity contribution in [3.8, 4) is 0 Å². The third kappa shape index (κ3) is 4.48. The highest BCUT2D eigenvalue weighted by molar-refractivity contribution is 6.32. The summed E-state index contributed by atoms with van der Waals surface area (Å²) in [4.78, 5) is 37.2. The van der Waals surface area contributed by atoms with E-state index in [1.54, 1.807) is 12.1 Å². The number of nitro groups is 1. The van der Waals surface area contributed by atoms with Gasteiger partial charge in [-0.05, 0) is 24.3 Å². The van der Waals surface area contributed by atoms with Gasteiger partial charge in [0.2, 0.25) is 0 Å². The number of benzene rings is 1. The van der Waals surface area contributed by atoms with E-state index < -0.39 is 23.4 Å². The first kappa shape index (κ1) is 16.4. The van der Waals surface area contributed by atoms with Crippen LogP contribution in [0.3, 0.4) is 0 Å². The molecule has 0 saturated heterocycles. The van der Waals surface area contributed by atoms with Gasteiger partial charge in [-0.15, -0.1) is 0 Å². The van der Waals surface area contributed by atoms with Crippen LogP contribution in [0.2, 0.25) is 5.02 Å². The van der Waals surface area contributed by atoms with Gasteiger partial charge in [-0.1, -0.05) is 17.7 Å². The molecule has 0 aliphatic heterocycles. The summed E-state index contributed by atoms with van der Waals surface area (Å²) in [6.45, 7) is -0.550. The second-order valence-corrected chi connectivity index (χ2v) is 4.67. The van der Waals surface area contributed by atoms with Gasteiger partial charge >= 0.3 is 5.97 Å². The van der Waals surface area contributed by atoms with Crippen LogP contribution >= 0.6 is 11.6 Å². The molecule has 0 unspecified atom stereocenters. The highest BCUT2D eigenvalue weighted by atomic mass is 35.5. The summed E-state index contributed by atoms with van der Waals surface area (Å²) in [6.07, 6.45) is 1.42. The van der Waals surface area contributed by atoms with E-state index in [-0.39, 0.29) is 22.1 Å². The lowest BCUT2D eigenvalue weighted by atomic mass is 10.3. The van der Waals surface area contributed by atoms with Crippen molar-refractivity contribution in [3.05, 3.63) is 63.4 Å². The molecule has 0 aliphatic rings. The van der Waals surface area contributed by atoms with Crippen LogP contribution in [0, 0.1) is 10.1 Å². The molecule has 1 N–H and O–H groups in total. The van der Waals surface area contributed by atoms with Crippen molar-refractivity contribution in [2.75, 3.05) is 11.9 Å². The second-order valence-electron chi connectivity index (χ2n) is 4.26. The SMILES string of the molecule is O=C(COC(=O)c1ccccn1)Nc1ccc(Cl)c([N+](=O)[O-])c1. The molecule has 0 radical (unpaired) electrons. The number of nitrogens with one attached hydrogen (secondary N) is 1. The van der Waals surface area contributed by atoms with E-state index >= 15 is 0 Å². The summed E-state index contributed by atoms with van der Waals surface area (Å²) in [7, 11) is 0. The smallest absolute Gasteiger partial charge is 0.357 e. The summed E-state index contributed by atoms with van der Waals surface area (Å²) in [5, 5.41) is 13.1. The second kappa shape index (κ2) is 7.32. The van der Waals surface area contributed by atoms with Crippen LogP contribution < -0.4 is 5.32 Å². The minimum atomic E-state index is -0.747. The van der Waals surface area contributed by atoms with E-state index in [1.807, 2.05) is 0 Å². The Bertz CT molecular complexity index is 751. The number of carbonyl (C=O) groups excluding carboxylic acids is 2. The van der Waals surface area contributed by atoms with Crippen molar-refractivity contribution in [1.29, 1.82) is 0 Å². The van der Waals surface area contributed by atoms with E-state index in [0.717, 1.165) is 6.07 Å². The average Bonchev–Trinajstić information content (AvgIpc) is 2.55. The Labute approximate surface area is 135 Å². The summed E-state index contributed by atoms with van der Waals surface area (Å²) in [5.74, 6) is -1.39. The molecular formula is C14H10ClN3O5. The van der Waals surface area contributed by atoms with Crippen LogP contribution in [-0.4, -0.2) is 28.4 Å². The number of nitrogens with zero attached hydrogens (tertiary/aromatic N) is 2. The number of esters is 1. The molecule has 0 fully saturated rings. The fourth-order valence-corrected chi connectivity index (χ4v) is 1.80. The lowest BCUT2D eigenvalue weighted by Gasteiger charge is -2.06. The number of anilines is 1. The molecule has 0 saturated carbocycles. The topological polar surface area (TPSA) is 111 Å². The Morgan fingerprint density at radius 2 is 2.09 bits per heavy atom. The van der Waals surface area contributed by atoms with Crippen molar-refractivity contribution in [2.45, 2.75) is 0 Å². The lowest BCUT2D eigenvalue weighted by Crippen LogP contribution is -2.21. The van der Waals surface area contributed by atoms with E-state index in [4.69, 9.17) is 16.3 Å². The number of hydrogen-bond donors (Lipinski definition) is 1. The minimum Gasteiger partial charge on any atom is -0.451 e. The Morgan fingerprint density at radius 3 is 2.74 bits per heavy atom. The number of halogens is 1. The summed E-state index contributed by atoms with van der Waals surface area (Å²) >= 11 is 5.67. The summed E-state index contributed by atoms with van der Waals surface area (Å²) in [5.41, 5.74) is -0.0997. The van der Waals surface area contributed by atoms with Crippen LogP contribution in [0.5, 0.6) is 0 Å². The van der Waals surface area contributed by atoms with Gasteiger partial charge in [0.25, 0.3) is 11.6 Å². The van der Waals surface area contributed by atoms with Gasteiger partial charge in [0.1, 0.15) is 10.7 Å². The maximum atomic E-state index is 11.7. The van der Waals surface area contributed by atoms with E-state index in [0.29, 0.717) is 0 Å². The zero-order valence-corrected chi connectivity index (χ0v) is 12.3. The monoisotopic (exact) mass is 335 g/mol. The van der Waals surface area contributed by atoms with Gasteiger partial charge in [0.05, 0.1) is 4.92 Å². The third-order valence-electron chi connectivity index (χ3n) is 2.63. The number of nitro benzene ring substituents is 1. The van der Waals surface area contributed by atoms with Crippen LogP contribution in [0.1, 0.15) is 10.5 Å². The molecule has 0 aliphatic carbocycles. The van der Waals surface area contributed by atoms with Crippen molar-refractivity contribution in [3.63, 3.8) is 0 Å². The fourth-order valence-electron chi connectivity index (χ4n) is 1.62. The van der Waals surface area contributed by atoms with Gasteiger partial charge in [-0.2, -0.15) is 0 Å². The fraction of sp³-hybridized carbons (Fsp3) is 0.0714. The van der Waals surface area contributed by atoms with Crippen LogP contribution in [-0.2, 0) is 9.53 Å². The Kier molecular flexibility index (Phi) is 5.21.